The molecule has 9 nitrogen and oxygen atoms in total. The number of ether oxygens (including phenoxy) is 3. The fraction of sp³-hybridized carbons (Fsp3) is 0.176. The molecule has 2 rings (SSSR count). The minimum atomic E-state index is -4.14. The van der Waals surface area contributed by atoms with Crippen LogP contribution >= 0.6 is 0 Å². The van der Waals surface area contributed by atoms with Gasteiger partial charge in [0.25, 0.3) is 5.91 Å². The van der Waals surface area contributed by atoms with Gasteiger partial charge in [-0.25, -0.2) is 22.7 Å². The van der Waals surface area contributed by atoms with E-state index in [-0.39, 0.29) is 0 Å². The molecular weight excluding hydrogens is 395 g/mol. The van der Waals surface area contributed by atoms with Gasteiger partial charge in [0.15, 0.2) is 18.1 Å². The largest absolute Gasteiger partial charge is 0.493 e. The highest BCUT2D eigenvalue weighted by molar-refractivity contribution is 7.89. The lowest BCUT2D eigenvalue weighted by Crippen LogP contribution is -2.22. The molecular formula is C17H17FN2O7S. The number of amides is 1. The van der Waals surface area contributed by atoms with Crippen LogP contribution in [-0.4, -0.2) is 41.1 Å². The first kappa shape index (κ1) is 21.1. The minimum absolute atomic E-state index is 0.348. The van der Waals surface area contributed by atoms with E-state index >= 15 is 0 Å². The quantitative estimate of drug-likeness (QED) is 0.654. The van der Waals surface area contributed by atoms with Crippen LogP contribution in [-0.2, 0) is 19.6 Å². The Bertz CT molecular complexity index is 1010. The topological polar surface area (TPSA) is 134 Å². The molecule has 0 aliphatic carbocycles. The number of rotatable bonds is 7. The second-order valence-corrected chi connectivity index (χ2v) is 6.94. The second kappa shape index (κ2) is 8.67. The SMILES string of the molecule is COc1ccc(NC(=O)COC(=O)c2cc(S(N)(=O)=O)ccc2F)cc1OC. The molecule has 0 saturated carbocycles. The molecule has 11 heteroatoms. The van der Waals surface area contributed by atoms with Crippen molar-refractivity contribution in [2.75, 3.05) is 26.1 Å². The highest BCUT2D eigenvalue weighted by Gasteiger charge is 2.19. The molecule has 0 saturated heterocycles. The molecule has 0 heterocycles. The van der Waals surface area contributed by atoms with Crippen LogP contribution < -0.4 is 19.9 Å². The van der Waals surface area contributed by atoms with Gasteiger partial charge in [-0.05, 0) is 30.3 Å². The van der Waals surface area contributed by atoms with Crippen LogP contribution in [0.5, 0.6) is 11.5 Å². The number of sulfonamides is 1. The first-order valence-corrected chi connectivity index (χ1v) is 9.21. The molecule has 0 spiro atoms. The van der Waals surface area contributed by atoms with Crippen molar-refractivity contribution in [3.8, 4) is 11.5 Å². The van der Waals surface area contributed by atoms with E-state index in [2.05, 4.69) is 5.32 Å². The molecule has 3 N–H and O–H groups in total. The molecule has 0 unspecified atom stereocenters. The van der Waals surface area contributed by atoms with Gasteiger partial charge in [-0.3, -0.25) is 4.79 Å². The number of methoxy groups -OCH3 is 2. The molecule has 0 fully saturated rings. The Hall–Kier alpha value is -3.18. The van der Waals surface area contributed by atoms with Gasteiger partial charge in [0.1, 0.15) is 5.82 Å². The zero-order valence-electron chi connectivity index (χ0n) is 14.9. The summed E-state index contributed by atoms with van der Waals surface area (Å²) in [7, 11) is -1.25. The van der Waals surface area contributed by atoms with Crippen molar-refractivity contribution >= 4 is 27.6 Å². The van der Waals surface area contributed by atoms with E-state index in [9.17, 15) is 22.4 Å². The van der Waals surface area contributed by atoms with Crippen molar-refractivity contribution in [2.24, 2.45) is 5.14 Å². The normalized spacial score (nSPS) is 10.9. The van der Waals surface area contributed by atoms with E-state index in [0.29, 0.717) is 17.2 Å². The molecule has 0 aromatic heterocycles. The number of carbonyl (C=O) groups excluding carboxylic acids is 2. The predicted octanol–water partition coefficient (Wildman–Crippen LogP) is 1.29. The van der Waals surface area contributed by atoms with E-state index in [1.165, 1.54) is 26.4 Å². The second-order valence-electron chi connectivity index (χ2n) is 5.38. The van der Waals surface area contributed by atoms with Gasteiger partial charge in [0.05, 0.1) is 24.7 Å². The number of halogens is 1. The Morgan fingerprint density at radius 1 is 1.07 bits per heavy atom. The first-order valence-electron chi connectivity index (χ1n) is 7.67. The lowest BCUT2D eigenvalue weighted by atomic mass is 10.2. The molecule has 2 aromatic rings. The van der Waals surface area contributed by atoms with Crippen molar-refractivity contribution in [1.82, 2.24) is 0 Å². The highest BCUT2D eigenvalue weighted by Crippen LogP contribution is 2.29. The predicted molar refractivity (Wildman–Crippen MR) is 96.2 cm³/mol. The summed E-state index contributed by atoms with van der Waals surface area (Å²) in [6.45, 7) is -0.730. The zero-order valence-corrected chi connectivity index (χ0v) is 15.7. The summed E-state index contributed by atoms with van der Waals surface area (Å²) in [4.78, 5) is 23.5. The van der Waals surface area contributed by atoms with Gasteiger partial charge in [-0.15, -0.1) is 0 Å². The summed E-state index contributed by atoms with van der Waals surface area (Å²) in [5, 5.41) is 7.41. The monoisotopic (exact) mass is 412 g/mol. The summed E-state index contributed by atoms with van der Waals surface area (Å²) in [6, 6.07) is 7.00. The summed E-state index contributed by atoms with van der Waals surface area (Å²) < 4.78 is 51.3. The average molecular weight is 412 g/mol. The van der Waals surface area contributed by atoms with Crippen LogP contribution in [0.4, 0.5) is 10.1 Å². The third-order valence-electron chi connectivity index (χ3n) is 3.49. The van der Waals surface area contributed by atoms with E-state index in [0.717, 1.165) is 18.2 Å². The number of benzene rings is 2. The van der Waals surface area contributed by atoms with Crippen molar-refractivity contribution in [2.45, 2.75) is 4.90 Å². The maximum Gasteiger partial charge on any atom is 0.341 e. The molecule has 0 atom stereocenters. The Balaban J connectivity index is 2.04. The molecule has 1 amide bonds. The molecule has 28 heavy (non-hydrogen) atoms. The number of nitrogens with one attached hydrogen (secondary N) is 1. The van der Waals surface area contributed by atoms with Crippen molar-refractivity contribution in [1.29, 1.82) is 0 Å². The highest BCUT2D eigenvalue weighted by atomic mass is 32.2. The van der Waals surface area contributed by atoms with Crippen LogP contribution in [0.3, 0.4) is 0 Å². The molecule has 0 aliphatic heterocycles. The number of primary sulfonamides is 1. The van der Waals surface area contributed by atoms with Crippen LogP contribution in [0.15, 0.2) is 41.3 Å². The van der Waals surface area contributed by atoms with Crippen LogP contribution in [0.2, 0.25) is 0 Å². The standard InChI is InChI=1S/C17H17FN2O7S/c1-25-14-6-3-10(7-15(14)26-2)20-16(21)9-27-17(22)12-8-11(28(19,23)24)4-5-13(12)18/h3-8H,9H2,1-2H3,(H,20,21)(H2,19,23,24). The van der Waals surface area contributed by atoms with E-state index in [1.807, 2.05) is 0 Å². The van der Waals surface area contributed by atoms with E-state index < -0.39 is 44.8 Å². The number of nitrogens with two attached hydrogens (primary N) is 1. The summed E-state index contributed by atoms with van der Waals surface area (Å²) in [5.41, 5.74) is -0.313. The Morgan fingerprint density at radius 2 is 1.75 bits per heavy atom. The van der Waals surface area contributed by atoms with Crippen molar-refractivity contribution in [3.05, 3.63) is 47.8 Å². The summed E-state index contributed by atoms with van der Waals surface area (Å²) in [6.07, 6.45) is 0. The molecule has 0 bridgehead atoms. The van der Waals surface area contributed by atoms with Crippen molar-refractivity contribution in [3.63, 3.8) is 0 Å². The Labute approximate surface area is 160 Å². The fourth-order valence-corrected chi connectivity index (χ4v) is 2.70. The lowest BCUT2D eigenvalue weighted by Gasteiger charge is -2.11. The summed E-state index contributed by atoms with van der Waals surface area (Å²) >= 11 is 0. The Morgan fingerprint density at radius 3 is 2.36 bits per heavy atom. The van der Waals surface area contributed by atoms with Crippen LogP contribution in [0.1, 0.15) is 10.4 Å². The third kappa shape index (κ3) is 5.18. The van der Waals surface area contributed by atoms with Crippen molar-refractivity contribution < 1.29 is 36.6 Å². The van der Waals surface area contributed by atoms with Crippen LogP contribution in [0, 0.1) is 5.82 Å². The average Bonchev–Trinajstić information content (AvgIpc) is 2.65. The Kier molecular flexibility index (Phi) is 6.54. The van der Waals surface area contributed by atoms with Gasteiger partial charge >= 0.3 is 5.97 Å². The lowest BCUT2D eigenvalue weighted by molar-refractivity contribution is -0.119. The maximum atomic E-state index is 13.8. The molecule has 2 aromatic carbocycles. The number of esters is 1. The van der Waals surface area contributed by atoms with E-state index in [4.69, 9.17) is 19.3 Å². The third-order valence-corrected chi connectivity index (χ3v) is 4.40. The molecule has 0 aliphatic rings. The van der Waals surface area contributed by atoms with E-state index in [1.54, 1.807) is 6.07 Å². The van der Waals surface area contributed by atoms with Gasteiger partial charge in [0.2, 0.25) is 10.0 Å². The fourth-order valence-electron chi connectivity index (χ4n) is 2.16. The number of anilines is 1. The van der Waals surface area contributed by atoms with Crippen LogP contribution in [0.25, 0.3) is 0 Å². The van der Waals surface area contributed by atoms with Gasteiger partial charge in [-0.1, -0.05) is 0 Å². The minimum Gasteiger partial charge on any atom is -0.493 e. The maximum absolute atomic E-state index is 13.8. The van der Waals surface area contributed by atoms with Gasteiger partial charge in [0, 0.05) is 11.8 Å². The summed E-state index contributed by atoms with van der Waals surface area (Å²) in [5.74, 6) is -2.11. The molecule has 0 radical (unpaired) electrons. The molecule has 150 valence electrons. The van der Waals surface area contributed by atoms with Gasteiger partial charge in [-0.2, -0.15) is 0 Å². The zero-order chi connectivity index (χ0) is 20.9. The smallest absolute Gasteiger partial charge is 0.341 e. The number of hydrogen-bond donors (Lipinski definition) is 2. The first-order chi connectivity index (χ1) is 13.2. The number of hydrogen-bond acceptors (Lipinski definition) is 7. The van der Waals surface area contributed by atoms with Gasteiger partial charge < -0.3 is 19.5 Å². The number of carbonyl (C=O) groups is 2.